The van der Waals surface area contributed by atoms with Crippen LogP contribution in [0.1, 0.15) is 5.56 Å². The van der Waals surface area contributed by atoms with Crippen molar-refractivity contribution >= 4 is 11.7 Å². The van der Waals surface area contributed by atoms with Crippen molar-refractivity contribution in [3.05, 3.63) is 54.2 Å². The molecule has 0 saturated carbocycles. The third kappa shape index (κ3) is 4.46. The number of rotatable bonds is 6. The monoisotopic (exact) mass is 301 g/mol. The van der Waals surface area contributed by atoms with Gasteiger partial charge in [-0.3, -0.25) is 0 Å². The van der Waals surface area contributed by atoms with Gasteiger partial charge in [-0.15, -0.1) is 0 Å². The molecule has 0 aliphatic heterocycles. The molecule has 0 saturated heterocycles. The first-order valence-corrected chi connectivity index (χ1v) is 6.94. The molecule has 0 fully saturated rings. The summed E-state index contributed by atoms with van der Waals surface area (Å²) < 4.78 is 5.07. The number of amides is 2. The molecule has 116 valence electrons. The van der Waals surface area contributed by atoms with Crippen molar-refractivity contribution in [2.24, 2.45) is 0 Å². The van der Waals surface area contributed by atoms with Crippen LogP contribution in [0.15, 0.2) is 48.7 Å². The zero-order valence-corrected chi connectivity index (χ0v) is 12.3. The summed E-state index contributed by atoms with van der Waals surface area (Å²) in [6.07, 6.45) is 2.13. The lowest BCUT2D eigenvalue weighted by atomic mass is 10.1. The molecule has 0 radical (unpaired) electrons. The number of aliphatic hydroxyl groups is 1. The summed E-state index contributed by atoms with van der Waals surface area (Å²) in [5, 5.41) is 14.8. The summed E-state index contributed by atoms with van der Waals surface area (Å²) in [5.74, 6) is 0.334. The lowest BCUT2D eigenvalue weighted by Crippen LogP contribution is -2.41. The molecular weight excluding hydrogens is 282 g/mol. The van der Waals surface area contributed by atoms with Crippen LogP contribution in [-0.4, -0.2) is 35.9 Å². The van der Waals surface area contributed by atoms with Gasteiger partial charge in [0.15, 0.2) is 0 Å². The largest absolute Gasteiger partial charge is 0.480 e. The van der Waals surface area contributed by atoms with Crippen LogP contribution in [0, 0.1) is 0 Å². The molecule has 1 aromatic heterocycles. The van der Waals surface area contributed by atoms with E-state index in [0.717, 1.165) is 5.56 Å². The van der Waals surface area contributed by atoms with E-state index in [9.17, 15) is 9.90 Å². The van der Waals surface area contributed by atoms with E-state index in [1.54, 1.807) is 18.3 Å². The molecular formula is C16H19N3O3. The highest BCUT2D eigenvalue weighted by Gasteiger charge is 2.13. The molecule has 0 aliphatic rings. The van der Waals surface area contributed by atoms with Gasteiger partial charge in [0.25, 0.3) is 0 Å². The summed E-state index contributed by atoms with van der Waals surface area (Å²) in [5.41, 5.74) is 1.51. The number of hydrogen-bond acceptors (Lipinski definition) is 4. The highest BCUT2D eigenvalue weighted by Crippen LogP contribution is 2.19. The molecule has 3 N–H and O–H groups in total. The Kier molecular flexibility index (Phi) is 5.73. The summed E-state index contributed by atoms with van der Waals surface area (Å²) in [6, 6.07) is 12.3. The van der Waals surface area contributed by atoms with Crippen molar-refractivity contribution in [3.8, 4) is 5.88 Å². The first-order chi connectivity index (χ1) is 10.7. The zero-order chi connectivity index (χ0) is 15.8. The molecule has 1 aromatic carbocycles. The van der Waals surface area contributed by atoms with Gasteiger partial charge in [0.05, 0.1) is 19.8 Å². The molecule has 0 aliphatic carbocycles. The quantitative estimate of drug-likeness (QED) is 0.760. The average Bonchev–Trinajstić information content (AvgIpc) is 2.55. The van der Waals surface area contributed by atoms with Crippen molar-refractivity contribution < 1.29 is 14.6 Å². The second-order valence-electron chi connectivity index (χ2n) is 4.73. The van der Waals surface area contributed by atoms with Gasteiger partial charge < -0.3 is 20.5 Å². The molecule has 0 bridgehead atoms. The summed E-state index contributed by atoms with van der Waals surface area (Å²) in [4.78, 5) is 16.0. The van der Waals surface area contributed by atoms with Gasteiger partial charge in [0.1, 0.15) is 5.69 Å². The molecule has 6 nitrogen and oxygen atoms in total. The fourth-order valence-corrected chi connectivity index (χ4v) is 2.05. The molecule has 2 aromatic rings. The van der Waals surface area contributed by atoms with Crippen molar-refractivity contribution in [3.63, 3.8) is 0 Å². The normalized spacial score (nSPS) is 11.5. The van der Waals surface area contributed by atoms with Crippen LogP contribution in [-0.2, 0) is 6.42 Å². The molecule has 22 heavy (non-hydrogen) atoms. The number of benzene rings is 1. The number of urea groups is 1. The van der Waals surface area contributed by atoms with E-state index >= 15 is 0 Å². The Labute approximate surface area is 129 Å². The number of methoxy groups -OCH3 is 1. The van der Waals surface area contributed by atoms with Crippen LogP contribution < -0.4 is 15.4 Å². The Morgan fingerprint density at radius 3 is 2.73 bits per heavy atom. The van der Waals surface area contributed by atoms with Gasteiger partial charge in [-0.25, -0.2) is 9.78 Å². The second kappa shape index (κ2) is 7.99. The standard InChI is InChI=1S/C16H19N3O3/c1-22-15-14(8-5-9-17-15)19-16(21)18-13(11-20)10-12-6-3-2-4-7-12/h2-9,13,20H,10-11H2,1H3,(H2,18,19,21). The fourth-order valence-electron chi connectivity index (χ4n) is 2.05. The third-order valence-corrected chi connectivity index (χ3v) is 3.09. The Morgan fingerprint density at radius 1 is 1.27 bits per heavy atom. The Hall–Kier alpha value is -2.60. The van der Waals surface area contributed by atoms with Crippen molar-refractivity contribution in [2.45, 2.75) is 12.5 Å². The summed E-state index contributed by atoms with van der Waals surface area (Å²) in [6.45, 7) is -0.146. The average molecular weight is 301 g/mol. The maximum absolute atomic E-state index is 12.0. The number of nitrogens with zero attached hydrogens (tertiary/aromatic N) is 1. The van der Waals surface area contributed by atoms with Crippen LogP contribution >= 0.6 is 0 Å². The molecule has 2 amide bonds. The number of carbonyl (C=O) groups is 1. The molecule has 2 rings (SSSR count). The lowest BCUT2D eigenvalue weighted by molar-refractivity contribution is 0.224. The second-order valence-corrected chi connectivity index (χ2v) is 4.73. The van der Waals surface area contributed by atoms with Gasteiger partial charge in [-0.05, 0) is 24.1 Å². The zero-order valence-electron chi connectivity index (χ0n) is 12.3. The summed E-state index contributed by atoms with van der Waals surface area (Å²) in [7, 11) is 1.48. The van der Waals surface area contributed by atoms with E-state index in [2.05, 4.69) is 15.6 Å². The Morgan fingerprint density at radius 2 is 2.05 bits per heavy atom. The van der Waals surface area contributed by atoms with E-state index in [-0.39, 0.29) is 12.6 Å². The highest BCUT2D eigenvalue weighted by atomic mass is 16.5. The van der Waals surface area contributed by atoms with Gasteiger partial charge >= 0.3 is 6.03 Å². The van der Waals surface area contributed by atoms with Crippen LogP contribution in [0.25, 0.3) is 0 Å². The number of aliphatic hydroxyl groups excluding tert-OH is 1. The van der Waals surface area contributed by atoms with E-state index in [4.69, 9.17) is 4.74 Å². The van der Waals surface area contributed by atoms with E-state index in [1.807, 2.05) is 30.3 Å². The molecule has 1 atom stereocenters. The van der Waals surface area contributed by atoms with Gasteiger partial charge in [-0.1, -0.05) is 30.3 Å². The third-order valence-electron chi connectivity index (χ3n) is 3.09. The number of carbonyl (C=O) groups excluding carboxylic acids is 1. The number of aromatic nitrogens is 1. The number of anilines is 1. The summed E-state index contributed by atoms with van der Waals surface area (Å²) >= 11 is 0. The molecule has 1 unspecified atom stereocenters. The van der Waals surface area contributed by atoms with Crippen LogP contribution in [0.3, 0.4) is 0 Å². The minimum Gasteiger partial charge on any atom is -0.480 e. The highest BCUT2D eigenvalue weighted by molar-refractivity contribution is 5.90. The van der Waals surface area contributed by atoms with E-state index in [0.29, 0.717) is 18.0 Å². The van der Waals surface area contributed by atoms with E-state index < -0.39 is 6.03 Å². The first-order valence-electron chi connectivity index (χ1n) is 6.94. The SMILES string of the molecule is COc1ncccc1NC(=O)NC(CO)Cc1ccccc1. The first kappa shape index (κ1) is 15.8. The van der Waals surface area contributed by atoms with Crippen LogP contribution in [0.2, 0.25) is 0 Å². The lowest BCUT2D eigenvalue weighted by Gasteiger charge is -2.17. The number of pyridine rings is 1. The predicted octanol–water partition coefficient (Wildman–Crippen LogP) is 1.82. The minimum atomic E-state index is -0.415. The Balaban J connectivity index is 1.94. The predicted molar refractivity (Wildman–Crippen MR) is 84.0 cm³/mol. The maximum Gasteiger partial charge on any atom is 0.319 e. The molecule has 6 heteroatoms. The van der Waals surface area contributed by atoms with E-state index in [1.165, 1.54) is 7.11 Å². The van der Waals surface area contributed by atoms with Crippen molar-refractivity contribution in [2.75, 3.05) is 19.0 Å². The number of nitrogens with one attached hydrogen (secondary N) is 2. The molecule has 0 spiro atoms. The number of ether oxygens (including phenoxy) is 1. The minimum absolute atomic E-state index is 0.146. The Bertz CT molecular complexity index is 605. The maximum atomic E-state index is 12.0. The number of hydrogen-bond donors (Lipinski definition) is 3. The van der Waals surface area contributed by atoms with Crippen molar-refractivity contribution in [1.29, 1.82) is 0 Å². The van der Waals surface area contributed by atoms with Gasteiger partial charge in [0.2, 0.25) is 5.88 Å². The van der Waals surface area contributed by atoms with Crippen molar-refractivity contribution in [1.82, 2.24) is 10.3 Å². The van der Waals surface area contributed by atoms with Gasteiger partial charge in [0, 0.05) is 6.20 Å². The van der Waals surface area contributed by atoms with Gasteiger partial charge in [-0.2, -0.15) is 0 Å². The van der Waals surface area contributed by atoms with Crippen LogP contribution in [0.4, 0.5) is 10.5 Å². The fraction of sp³-hybridized carbons (Fsp3) is 0.250. The topological polar surface area (TPSA) is 83.5 Å². The smallest absolute Gasteiger partial charge is 0.319 e. The molecule has 1 heterocycles. The van der Waals surface area contributed by atoms with Crippen LogP contribution in [0.5, 0.6) is 5.88 Å².